The van der Waals surface area contributed by atoms with Gasteiger partial charge < -0.3 is 5.32 Å². The van der Waals surface area contributed by atoms with Crippen molar-refractivity contribution in [3.05, 3.63) is 47.7 Å². The van der Waals surface area contributed by atoms with E-state index >= 15 is 0 Å². The first kappa shape index (κ1) is 14.8. The Balaban J connectivity index is 1.78. The van der Waals surface area contributed by atoms with Crippen molar-refractivity contribution in [2.45, 2.75) is 37.6 Å². The number of aryl methyl sites for hydroxylation is 2. The summed E-state index contributed by atoms with van der Waals surface area (Å²) in [5.41, 5.74) is 2.67. The van der Waals surface area contributed by atoms with E-state index in [1.54, 1.807) is 31.3 Å². The first-order chi connectivity index (χ1) is 10.4. The van der Waals surface area contributed by atoms with Gasteiger partial charge in [0.15, 0.2) is 0 Å². The Morgan fingerprint density at radius 3 is 2.50 bits per heavy atom. The minimum Gasteiger partial charge on any atom is -0.381 e. The first-order valence-electron chi connectivity index (χ1n) is 7.27. The normalized spacial score (nSPS) is 14.6. The first-order valence-corrected chi connectivity index (χ1v) is 8.75. The summed E-state index contributed by atoms with van der Waals surface area (Å²) in [4.78, 5) is 4.44. The van der Waals surface area contributed by atoms with Crippen LogP contribution >= 0.6 is 0 Å². The molecule has 0 amide bonds. The van der Waals surface area contributed by atoms with Crippen molar-refractivity contribution in [3.8, 4) is 0 Å². The number of pyridine rings is 1. The molecule has 116 valence electrons. The van der Waals surface area contributed by atoms with E-state index < -0.39 is 10.0 Å². The maximum absolute atomic E-state index is 12.4. The Hall–Kier alpha value is -2.08. The zero-order valence-electron chi connectivity index (χ0n) is 12.6. The lowest BCUT2D eigenvalue weighted by Gasteiger charge is -2.11. The monoisotopic (exact) mass is 317 g/mol. The number of hydrogen-bond acceptors (Lipinski definition) is 4. The second-order valence-corrected chi connectivity index (χ2v) is 7.38. The minimum absolute atomic E-state index is 0.278. The van der Waals surface area contributed by atoms with Crippen molar-refractivity contribution in [2.75, 3.05) is 10.0 Å². The van der Waals surface area contributed by atoms with Gasteiger partial charge in [0, 0.05) is 6.04 Å². The number of hydrogen-bond donors (Lipinski definition) is 2. The number of anilines is 2. The Kier molecular flexibility index (Phi) is 3.78. The van der Waals surface area contributed by atoms with Crippen LogP contribution in [0.5, 0.6) is 0 Å². The summed E-state index contributed by atoms with van der Waals surface area (Å²) in [7, 11) is -3.62. The molecule has 0 bridgehead atoms. The number of nitrogens with zero attached hydrogens (tertiary/aromatic N) is 1. The van der Waals surface area contributed by atoms with Gasteiger partial charge in [-0.1, -0.05) is 17.7 Å². The van der Waals surface area contributed by atoms with Crippen LogP contribution in [-0.4, -0.2) is 19.4 Å². The van der Waals surface area contributed by atoms with Crippen LogP contribution in [0.3, 0.4) is 0 Å². The molecule has 3 rings (SSSR count). The number of rotatable bonds is 5. The maximum Gasteiger partial charge on any atom is 0.263 e. The van der Waals surface area contributed by atoms with E-state index in [-0.39, 0.29) is 4.90 Å². The molecule has 1 aromatic heterocycles. The summed E-state index contributed by atoms with van der Waals surface area (Å²) < 4.78 is 27.4. The lowest BCUT2D eigenvalue weighted by atomic mass is 10.2. The molecule has 1 aromatic carbocycles. The predicted octanol–water partition coefficient (Wildman–Crippen LogP) is 3.07. The fraction of sp³-hybridized carbons (Fsp3) is 0.312. The Morgan fingerprint density at radius 1 is 1.14 bits per heavy atom. The van der Waals surface area contributed by atoms with E-state index in [4.69, 9.17) is 0 Å². The fourth-order valence-corrected chi connectivity index (χ4v) is 3.53. The number of benzene rings is 1. The molecule has 1 saturated carbocycles. The number of aromatic nitrogens is 1. The molecule has 1 aliphatic carbocycles. The second-order valence-electron chi connectivity index (χ2n) is 5.73. The highest BCUT2D eigenvalue weighted by molar-refractivity contribution is 7.92. The molecule has 0 atom stereocenters. The van der Waals surface area contributed by atoms with Crippen LogP contribution in [0.1, 0.15) is 24.0 Å². The summed E-state index contributed by atoms with van der Waals surface area (Å²) in [6.45, 7) is 3.72. The van der Waals surface area contributed by atoms with Crippen LogP contribution in [0.4, 0.5) is 11.5 Å². The molecule has 0 spiro atoms. The van der Waals surface area contributed by atoms with E-state index in [0.29, 0.717) is 11.9 Å². The van der Waals surface area contributed by atoms with E-state index in [0.717, 1.165) is 16.8 Å². The third-order valence-corrected chi connectivity index (χ3v) is 5.09. The molecular weight excluding hydrogens is 298 g/mol. The predicted molar refractivity (Wildman–Crippen MR) is 87.6 cm³/mol. The van der Waals surface area contributed by atoms with Gasteiger partial charge in [-0.05, 0) is 50.5 Å². The minimum atomic E-state index is -3.62. The van der Waals surface area contributed by atoms with Crippen LogP contribution < -0.4 is 10.0 Å². The fourth-order valence-electron chi connectivity index (χ4n) is 2.30. The van der Waals surface area contributed by atoms with Gasteiger partial charge in [0.05, 0.1) is 16.8 Å². The summed E-state index contributed by atoms with van der Waals surface area (Å²) in [6, 6.07) is 9.31. The van der Waals surface area contributed by atoms with Crippen LogP contribution in [0.15, 0.2) is 41.4 Å². The number of sulfonamides is 1. The molecule has 0 radical (unpaired) electrons. The molecule has 0 saturated heterocycles. The lowest BCUT2D eigenvalue weighted by Crippen LogP contribution is -2.15. The molecule has 1 aliphatic rings. The average molecular weight is 317 g/mol. The van der Waals surface area contributed by atoms with E-state index in [1.807, 2.05) is 19.1 Å². The SMILES string of the molecule is Cc1ccc(S(=O)(=O)Nc2ccc(NC3CC3)cn2)c(C)c1. The van der Waals surface area contributed by atoms with Crippen LogP contribution in [0, 0.1) is 13.8 Å². The van der Waals surface area contributed by atoms with Gasteiger partial charge in [0.2, 0.25) is 0 Å². The molecular formula is C16H19N3O2S. The van der Waals surface area contributed by atoms with Crippen LogP contribution in [-0.2, 0) is 10.0 Å². The summed E-state index contributed by atoms with van der Waals surface area (Å²) in [5.74, 6) is 0.321. The highest BCUT2D eigenvalue weighted by Crippen LogP contribution is 2.25. The molecule has 2 aromatic rings. The van der Waals surface area contributed by atoms with Crippen molar-refractivity contribution in [1.82, 2.24) is 4.98 Å². The smallest absolute Gasteiger partial charge is 0.263 e. The molecule has 22 heavy (non-hydrogen) atoms. The van der Waals surface area contributed by atoms with Crippen molar-refractivity contribution in [3.63, 3.8) is 0 Å². The van der Waals surface area contributed by atoms with Crippen molar-refractivity contribution >= 4 is 21.5 Å². The Morgan fingerprint density at radius 2 is 1.91 bits per heavy atom. The topological polar surface area (TPSA) is 71.1 Å². The summed E-state index contributed by atoms with van der Waals surface area (Å²) in [5, 5.41) is 3.31. The highest BCUT2D eigenvalue weighted by Gasteiger charge is 2.21. The third-order valence-electron chi connectivity index (χ3n) is 3.57. The van der Waals surface area contributed by atoms with Crippen molar-refractivity contribution in [2.24, 2.45) is 0 Å². The van der Waals surface area contributed by atoms with E-state index in [2.05, 4.69) is 15.0 Å². The van der Waals surface area contributed by atoms with Gasteiger partial charge in [-0.25, -0.2) is 13.4 Å². The van der Waals surface area contributed by atoms with Gasteiger partial charge in [-0.3, -0.25) is 4.72 Å². The second kappa shape index (κ2) is 5.61. The molecule has 0 aliphatic heterocycles. The Labute approximate surface area is 130 Å². The highest BCUT2D eigenvalue weighted by atomic mass is 32.2. The lowest BCUT2D eigenvalue weighted by molar-refractivity contribution is 0.600. The van der Waals surface area contributed by atoms with Crippen LogP contribution in [0.25, 0.3) is 0 Å². The number of nitrogens with one attached hydrogen (secondary N) is 2. The van der Waals surface area contributed by atoms with Crippen molar-refractivity contribution in [1.29, 1.82) is 0 Å². The molecule has 5 nitrogen and oxygen atoms in total. The molecule has 6 heteroatoms. The van der Waals surface area contributed by atoms with Gasteiger partial charge in [0.25, 0.3) is 10.0 Å². The average Bonchev–Trinajstić information content (AvgIpc) is 3.24. The van der Waals surface area contributed by atoms with Gasteiger partial charge in [0.1, 0.15) is 5.82 Å². The zero-order valence-corrected chi connectivity index (χ0v) is 13.4. The molecule has 2 N–H and O–H groups in total. The van der Waals surface area contributed by atoms with E-state index in [1.165, 1.54) is 12.8 Å². The van der Waals surface area contributed by atoms with Gasteiger partial charge >= 0.3 is 0 Å². The van der Waals surface area contributed by atoms with Crippen molar-refractivity contribution < 1.29 is 8.42 Å². The molecule has 1 fully saturated rings. The summed E-state index contributed by atoms with van der Waals surface area (Å²) >= 11 is 0. The van der Waals surface area contributed by atoms with Crippen LogP contribution in [0.2, 0.25) is 0 Å². The largest absolute Gasteiger partial charge is 0.381 e. The quantitative estimate of drug-likeness (QED) is 0.889. The maximum atomic E-state index is 12.4. The van der Waals surface area contributed by atoms with Gasteiger partial charge in [-0.2, -0.15) is 0 Å². The Bertz CT molecular complexity index is 782. The summed E-state index contributed by atoms with van der Waals surface area (Å²) in [6.07, 6.45) is 4.01. The standard InChI is InChI=1S/C16H19N3O2S/c1-11-3-7-15(12(2)9-11)22(20,21)19-16-8-6-14(10-17-16)18-13-4-5-13/h3,6-10,13,18H,4-5H2,1-2H3,(H,17,19). The molecule has 1 heterocycles. The zero-order chi connectivity index (χ0) is 15.7. The van der Waals surface area contributed by atoms with E-state index in [9.17, 15) is 8.42 Å². The third kappa shape index (κ3) is 3.39. The van der Waals surface area contributed by atoms with Gasteiger partial charge in [-0.15, -0.1) is 0 Å². The molecule has 0 unspecified atom stereocenters.